The molecule has 22 N–H and O–H groups in total. The molecule has 30 heavy (non-hydrogen) atoms. The number of hydrogen-bond donors (Lipinski definition) is 4. The molecule has 0 spiro atoms. The van der Waals surface area contributed by atoms with Crippen LogP contribution in [0.4, 0.5) is 0 Å². The third-order valence-electron chi connectivity index (χ3n) is 2.28. The van der Waals surface area contributed by atoms with E-state index >= 15 is 0 Å². The van der Waals surface area contributed by atoms with Crippen molar-refractivity contribution >= 4 is 11.9 Å². The molecule has 15 nitrogen and oxygen atoms in total. The van der Waals surface area contributed by atoms with Crippen molar-refractivity contribution < 1.29 is 95.1 Å². The quantitative estimate of drug-likeness (QED) is 0.228. The third-order valence-corrected chi connectivity index (χ3v) is 2.28. The van der Waals surface area contributed by atoms with Gasteiger partial charge < -0.3 is 78.6 Å². The Labute approximate surface area is 178 Å². The number of aromatic carboxylic acids is 2. The predicted molar refractivity (Wildman–Crippen MR) is 98.5 cm³/mol. The van der Waals surface area contributed by atoms with Crippen molar-refractivity contribution in [3.8, 4) is 23.0 Å². The Kier molecular flexibility index (Phi) is 37.2. The van der Waals surface area contributed by atoms with E-state index in [0.717, 1.165) is 36.4 Å². The average molecular weight is 495 g/mol. The minimum absolute atomic E-state index is 0. The zero-order valence-electron chi connectivity index (χ0n) is 15.0. The molecule has 0 aliphatic rings. The molecule has 0 amide bonds. The van der Waals surface area contributed by atoms with Gasteiger partial charge in [0.15, 0.2) is 0 Å². The summed E-state index contributed by atoms with van der Waals surface area (Å²) in [6.45, 7) is 0. The molecule has 0 atom stereocenters. The van der Waals surface area contributed by atoms with Crippen LogP contribution in [0.5, 0.6) is 23.0 Å². The fourth-order valence-corrected chi connectivity index (χ4v) is 1.43. The normalized spacial score (nSPS) is 6.93. The molecule has 0 saturated heterocycles. The first-order chi connectivity index (χ1) is 10.2. The number of carboxylic acid groups (broad SMARTS) is 2. The third kappa shape index (κ3) is 16.9. The topological polar surface area (TPSA) is 388 Å². The first-order valence-corrected chi connectivity index (χ1v) is 5.68. The van der Waals surface area contributed by atoms with Crippen molar-refractivity contribution in [2.24, 2.45) is 0 Å². The molecular weight excluding hydrogens is 467 g/mol. The van der Waals surface area contributed by atoms with E-state index in [0.29, 0.717) is 0 Å². The van der Waals surface area contributed by atoms with Crippen molar-refractivity contribution in [3.63, 3.8) is 0 Å². The summed E-state index contributed by atoms with van der Waals surface area (Å²) in [6, 6.07) is 6.05. The Bertz CT molecular complexity index is 620. The number of phenolic OH excluding ortho intramolecular Hbond substituents is 4. The van der Waals surface area contributed by atoms with Gasteiger partial charge in [-0.2, -0.15) is 0 Å². The van der Waals surface area contributed by atoms with E-state index < -0.39 is 11.9 Å². The maximum absolute atomic E-state index is 10.2. The van der Waals surface area contributed by atoms with Crippen LogP contribution >= 0.6 is 0 Å². The van der Waals surface area contributed by atoms with Crippen molar-refractivity contribution in [2.75, 3.05) is 0 Å². The van der Waals surface area contributed by atoms with E-state index in [1.54, 1.807) is 0 Å². The molecule has 0 unspecified atom stereocenters. The van der Waals surface area contributed by atoms with Crippen molar-refractivity contribution in [2.45, 2.75) is 0 Å². The smallest absolute Gasteiger partial charge is 0.545 e. The molecule has 0 bridgehead atoms. The molecule has 0 fully saturated rings. The van der Waals surface area contributed by atoms with Crippen LogP contribution in [-0.4, -0.2) is 48.8 Å². The van der Waals surface area contributed by atoms with Crippen LogP contribution in [0, 0.1) is 0 Å². The fraction of sp³-hybridized carbons (Fsp3) is 0. The summed E-state index contributed by atoms with van der Waals surface area (Å²) in [5.41, 5.74) is -0.495. The van der Waals surface area contributed by atoms with Gasteiger partial charge in [-0.1, -0.05) is 0 Å². The number of phenols is 4. The number of carbonyl (C=O) groups excluding carboxylic acids is 2. The first-order valence-electron chi connectivity index (χ1n) is 5.68. The minimum Gasteiger partial charge on any atom is -0.545 e. The molecule has 2 rings (SSSR count). The minimum atomic E-state index is -1.43. The van der Waals surface area contributed by atoms with E-state index in [-0.39, 0.29) is 88.9 Å². The molecule has 2 aromatic rings. The summed E-state index contributed by atoms with van der Waals surface area (Å²) in [5.74, 6) is -4.07. The second-order valence-corrected chi connectivity index (χ2v) is 4.05. The van der Waals surface area contributed by atoms with Gasteiger partial charge in [0.25, 0.3) is 0 Å². The van der Waals surface area contributed by atoms with Crippen LogP contribution in [0.15, 0.2) is 36.4 Å². The number of aromatic hydroxyl groups is 4. The average Bonchev–Trinajstić information content (AvgIpc) is 2.37. The van der Waals surface area contributed by atoms with Gasteiger partial charge in [0.1, 0.15) is 23.0 Å². The van der Waals surface area contributed by atoms with Crippen molar-refractivity contribution in [3.05, 3.63) is 47.5 Å². The summed E-state index contributed by atoms with van der Waals surface area (Å²) >= 11 is 0. The molecule has 0 aliphatic heterocycles. The molecule has 180 valence electrons. The summed E-state index contributed by atoms with van der Waals surface area (Å²) in [4.78, 5) is 20.3. The van der Waals surface area contributed by atoms with Gasteiger partial charge in [0.05, 0.1) is 11.9 Å². The molecule has 16 heteroatoms. The van der Waals surface area contributed by atoms with Gasteiger partial charge in [-0.15, -0.1) is 0 Å². The number of hydrogen-bond acceptors (Lipinski definition) is 8. The Morgan fingerprint density at radius 1 is 0.533 bits per heavy atom. The molecule has 0 aromatic heterocycles. The van der Waals surface area contributed by atoms with E-state index in [1.165, 1.54) is 0 Å². The maximum atomic E-state index is 10.2. The summed E-state index contributed by atoms with van der Waals surface area (Å²) in [6.07, 6.45) is 0. The van der Waals surface area contributed by atoms with E-state index in [9.17, 15) is 19.8 Å². The van der Waals surface area contributed by atoms with Crippen LogP contribution in [0.2, 0.25) is 0 Å². The number of benzene rings is 2. The monoisotopic (exact) mass is 494 g/mol. The SMILES string of the molecule is O.O.O.O=C([O-])c1cc(O)cc(O)c1.O=C([O-])c1cc(O)cc(O)c1.[Ni+2].[OH3+].[OH3+].[OH3+].[OH3+]. The molecule has 0 aliphatic carbocycles. The molecule has 2 aromatic carbocycles. The second-order valence-electron chi connectivity index (χ2n) is 4.05. The Morgan fingerprint density at radius 2 is 0.700 bits per heavy atom. The van der Waals surface area contributed by atoms with Crippen LogP contribution < -0.4 is 10.2 Å². The van der Waals surface area contributed by atoms with Gasteiger partial charge in [-0.25, -0.2) is 0 Å². The van der Waals surface area contributed by atoms with E-state index in [4.69, 9.17) is 20.4 Å². The largest absolute Gasteiger partial charge is 2.00 e. The van der Waals surface area contributed by atoms with Gasteiger partial charge >= 0.3 is 16.5 Å². The van der Waals surface area contributed by atoms with Crippen molar-refractivity contribution in [1.29, 1.82) is 0 Å². The Morgan fingerprint density at radius 3 is 0.833 bits per heavy atom. The number of carboxylic acids is 2. The number of rotatable bonds is 2. The van der Waals surface area contributed by atoms with Gasteiger partial charge in [-0.05, 0) is 24.3 Å². The van der Waals surface area contributed by atoms with Crippen LogP contribution in [0.1, 0.15) is 20.7 Å². The summed E-state index contributed by atoms with van der Waals surface area (Å²) in [5, 5.41) is 55.5. The van der Waals surface area contributed by atoms with Crippen LogP contribution in [0.25, 0.3) is 0 Å². The van der Waals surface area contributed by atoms with Crippen LogP contribution in [0.3, 0.4) is 0 Å². The zero-order chi connectivity index (χ0) is 16.9. The predicted octanol–water partition coefficient (Wildman–Crippen LogP) is -7.24. The van der Waals surface area contributed by atoms with E-state index in [2.05, 4.69) is 0 Å². The van der Waals surface area contributed by atoms with Crippen LogP contribution in [-0.2, 0) is 38.4 Å². The van der Waals surface area contributed by atoms with Crippen molar-refractivity contribution in [1.82, 2.24) is 0 Å². The zero-order valence-corrected chi connectivity index (χ0v) is 16.0. The summed E-state index contributed by atoms with van der Waals surface area (Å²) in [7, 11) is 0. The summed E-state index contributed by atoms with van der Waals surface area (Å²) < 4.78 is 0. The maximum Gasteiger partial charge on any atom is 2.00 e. The molecular formula is C14H28NiO15+4. The second kappa shape index (κ2) is 22.1. The standard InChI is InChI=1S/2C7H6O4.Ni.7H2O/c2*8-5-1-4(7(10)11)2-6(9)3-5;;;;;;;;/h2*1-3,8-9H,(H,10,11);;7*1H2/q;;+2;;;;;;;/p+2. The molecule has 0 radical (unpaired) electrons. The first kappa shape index (κ1) is 50.5. The fourth-order valence-electron chi connectivity index (χ4n) is 1.43. The molecule has 0 saturated carbocycles. The Balaban J connectivity index is -0.0000000425. The number of carbonyl (C=O) groups is 2. The molecule has 0 heterocycles. The van der Waals surface area contributed by atoms with E-state index in [1.807, 2.05) is 0 Å². The van der Waals surface area contributed by atoms with Gasteiger partial charge in [0.2, 0.25) is 0 Å². The van der Waals surface area contributed by atoms with Gasteiger partial charge in [-0.3, -0.25) is 0 Å². The van der Waals surface area contributed by atoms with Gasteiger partial charge in [0, 0.05) is 23.3 Å². The Hall–Kier alpha value is -3.21.